The molecule has 17 heavy (non-hydrogen) atoms. The number of rotatable bonds is 4. The molecule has 0 fully saturated rings. The van der Waals surface area contributed by atoms with Crippen LogP contribution in [0.3, 0.4) is 0 Å². The molecule has 1 aromatic rings. The molecule has 0 spiro atoms. The van der Waals surface area contributed by atoms with Gasteiger partial charge in [0.05, 0.1) is 0 Å². The summed E-state index contributed by atoms with van der Waals surface area (Å²) in [5.74, 6) is -0.647. The van der Waals surface area contributed by atoms with Crippen molar-refractivity contribution in [2.24, 2.45) is 0 Å². The number of carbonyl (C=O) groups is 1. The number of benzene rings is 1. The zero-order valence-electron chi connectivity index (χ0n) is 10.6. The minimum Gasteiger partial charge on any atom is -0.508 e. The lowest BCUT2D eigenvalue weighted by Crippen LogP contribution is -2.48. The molecule has 0 aliphatic rings. The second-order valence-corrected chi connectivity index (χ2v) is 4.74. The minimum absolute atomic E-state index is 0.0401. The van der Waals surface area contributed by atoms with E-state index >= 15 is 0 Å². The molecule has 0 radical (unpaired) electrons. The van der Waals surface area contributed by atoms with Gasteiger partial charge in [-0.05, 0) is 45.5 Å². The molecule has 0 aliphatic heterocycles. The third-order valence-corrected chi connectivity index (χ3v) is 3.36. The number of hydrogen-bond acceptors (Lipinski definition) is 3. The lowest BCUT2D eigenvalue weighted by atomic mass is 9.98. The van der Waals surface area contributed by atoms with Crippen molar-refractivity contribution >= 4 is 5.97 Å². The second-order valence-electron chi connectivity index (χ2n) is 4.74. The van der Waals surface area contributed by atoms with Crippen LogP contribution in [0.15, 0.2) is 24.3 Å². The van der Waals surface area contributed by atoms with Crippen LogP contribution >= 0.6 is 0 Å². The minimum atomic E-state index is -0.933. The van der Waals surface area contributed by atoms with E-state index in [0.717, 1.165) is 5.56 Å². The monoisotopic (exact) mass is 237 g/mol. The molecule has 4 nitrogen and oxygen atoms in total. The Bertz CT molecular complexity index is 398. The van der Waals surface area contributed by atoms with E-state index in [-0.39, 0.29) is 11.8 Å². The van der Waals surface area contributed by atoms with Gasteiger partial charge in [-0.15, -0.1) is 0 Å². The first kappa shape index (κ1) is 13.5. The van der Waals surface area contributed by atoms with Gasteiger partial charge in [-0.25, -0.2) is 0 Å². The molecule has 1 aromatic carbocycles. The summed E-state index contributed by atoms with van der Waals surface area (Å²) in [4.78, 5) is 13.0. The van der Waals surface area contributed by atoms with Crippen LogP contribution in [0.25, 0.3) is 0 Å². The average Bonchev–Trinajstić information content (AvgIpc) is 2.27. The van der Waals surface area contributed by atoms with Gasteiger partial charge in [0.15, 0.2) is 0 Å². The van der Waals surface area contributed by atoms with Gasteiger partial charge in [0.2, 0.25) is 0 Å². The van der Waals surface area contributed by atoms with Crippen molar-refractivity contribution in [3.05, 3.63) is 29.8 Å². The van der Waals surface area contributed by atoms with Crippen LogP contribution in [-0.4, -0.2) is 33.7 Å². The number of likely N-dealkylation sites (N-methyl/N-ethyl adjacent to an activating group) is 1. The molecule has 0 bridgehead atoms. The number of hydrogen-bond donors (Lipinski definition) is 2. The highest BCUT2D eigenvalue weighted by atomic mass is 16.4. The van der Waals surface area contributed by atoms with Crippen LogP contribution < -0.4 is 0 Å². The molecule has 2 N–H and O–H groups in total. The number of phenolic OH excluding ortho intramolecular Hbond substituents is 1. The number of aliphatic carboxylic acids is 1. The van der Waals surface area contributed by atoms with E-state index in [1.54, 1.807) is 50.1 Å². The summed E-state index contributed by atoms with van der Waals surface area (Å²) in [6, 6.07) is 6.77. The van der Waals surface area contributed by atoms with Gasteiger partial charge in [-0.2, -0.15) is 0 Å². The predicted octanol–water partition coefficient (Wildman–Crippen LogP) is 2.25. The van der Waals surface area contributed by atoms with Crippen molar-refractivity contribution in [2.45, 2.75) is 32.4 Å². The van der Waals surface area contributed by atoms with E-state index in [4.69, 9.17) is 5.11 Å². The van der Waals surface area contributed by atoms with Crippen molar-refractivity contribution in [3.8, 4) is 5.75 Å². The number of nitrogens with zero attached hydrogens (tertiary/aromatic N) is 1. The molecule has 94 valence electrons. The fourth-order valence-corrected chi connectivity index (χ4v) is 1.61. The Hall–Kier alpha value is -1.55. The number of carboxylic acid groups (broad SMARTS) is 1. The summed E-state index contributed by atoms with van der Waals surface area (Å²) in [6.07, 6.45) is 0. The summed E-state index contributed by atoms with van der Waals surface area (Å²) in [5.41, 5.74) is 0.0386. The topological polar surface area (TPSA) is 60.8 Å². The molecular formula is C13H19NO3. The lowest BCUT2D eigenvalue weighted by Gasteiger charge is -2.36. The Morgan fingerprint density at radius 2 is 1.76 bits per heavy atom. The van der Waals surface area contributed by atoms with Gasteiger partial charge >= 0.3 is 5.97 Å². The Morgan fingerprint density at radius 1 is 1.29 bits per heavy atom. The van der Waals surface area contributed by atoms with Crippen molar-refractivity contribution in [3.63, 3.8) is 0 Å². The van der Waals surface area contributed by atoms with Crippen molar-refractivity contribution < 1.29 is 15.0 Å². The van der Waals surface area contributed by atoms with Crippen molar-refractivity contribution in [1.82, 2.24) is 4.90 Å². The van der Waals surface area contributed by atoms with E-state index in [9.17, 15) is 9.90 Å². The van der Waals surface area contributed by atoms with Crippen LogP contribution in [-0.2, 0) is 4.79 Å². The first-order chi connectivity index (χ1) is 7.76. The Balaban J connectivity index is 2.93. The molecule has 0 amide bonds. The maximum atomic E-state index is 11.2. The first-order valence-corrected chi connectivity index (χ1v) is 5.52. The fourth-order valence-electron chi connectivity index (χ4n) is 1.61. The molecule has 1 unspecified atom stereocenters. The van der Waals surface area contributed by atoms with Gasteiger partial charge < -0.3 is 10.2 Å². The van der Waals surface area contributed by atoms with Crippen LogP contribution in [0.4, 0.5) is 0 Å². The molecule has 0 saturated heterocycles. The van der Waals surface area contributed by atoms with Crippen LogP contribution in [0.5, 0.6) is 5.75 Å². The quantitative estimate of drug-likeness (QED) is 0.843. The zero-order valence-corrected chi connectivity index (χ0v) is 10.6. The SMILES string of the molecule is CC(c1ccc(O)cc1)N(C)C(C)(C)C(=O)O. The van der Waals surface area contributed by atoms with Gasteiger partial charge in [-0.3, -0.25) is 9.69 Å². The van der Waals surface area contributed by atoms with Crippen LogP contribution in [0, 0.1) is 0 Å². The van der Waals surface area contributed by atoms with Crippen LogP contribution in [0.1, 0.15) is 32.4 Å². The smallest absolute Gasteiger partial charge is 0.323 e. The van der Waals surface area contributed by atoms with Crippen molar-refractivity contribution in [2.75, 3.05) is 7.05 Å². The molecule has 1 atom stereocenters. The Kier molecular flexibility index (Phi) is 3.78. The third kappa shape index (κ3) is 2.77. The molecule has 1 rings (SSSR count). The predicted molar refractivity (Wildman–Crippen MR) is 66.0 cm³/mol. The largest absolute Gasteiger partial charge is 0.508 e. The Morgan fingerprint density at radius 3 is 2.18 bits per heavy atom. The number of phenols is 1. The lowest BCUT2D eigenvalue weighted by molar-refractivity contribution is -0.149. The normalized spacial score (nSPS) is 13.7. The summed E-state index contributed by atoms with van der Waals surface area (Å²) in [6.45, 7) is 5.29. The summed E-state index contributed by atoms with van der Waals surface area (Å²) >= 11 is 0. The fraction of sp³-hybridized carbons (Fsp3) is 0.462. The van der Waals surface area contributed by atoms with Gasteiger partial charge in [0.25, 0.3) is 0 Å². The molecular weight excluding hydrogens is 218 g/mol. The van der Waals surface area contributed by atoms with E-state index in [0.29, 0.717) is 0 Å². The van der Waals surface area contributed by atoms with Crippen LogP contribution in [0.2, 0.25) is 0 Å². The Labute approximate surface area is 101 Å². The van der Waals surface area contributed by atoms with E-state index in [1.165, 1.54) is 0 Å². The first-order valence-electron chi connectivity index (χ1n) is 5.52. The highest BCUT2D eigenvalue weighted by Crippen LogP contribution is 2.27. The maximum Gasteiger partial charge on any atom is 0.323 e. The summed E-state index contributed by atoms with van der Waals surface area (Å²) in [7, 11) is 1.78. The zero-order chi connectivity index (χ0) is 13.2. The number of carboxylic acids is 1. The molecule has 0 aliphatic carbocycles. The standard InChI is InChI=1S/C13H19NO3/c1-9(10-5-7-11(15)8-6-10)14(4)13(2,3)12(16)17/h5-9,15H,1-4H3,(H,16,17). The average molecular weight is 237 g/mol. The highest BCUT2D eigenvalue weighted by Gasteiger charge is 2.35. The molecule has 0 heterocycles. The van der Waals surface area contributed by atoms with Gasteiger partial charge in [-0.1, -0.05) is 12.1 Å². The van der Waals surface area contributed by atoms with Gasteiger partial charge in [0, 0.05) is 6.04 Å². The van der Waals surface area contributed by atoms with E-state index < -0.39 is 11.5 Å². The van der Waals surface area contributed by atoms with Crippen molar-refractivity contribution in [1.29, 1.82) is 0 Å². The van der Waals surface area contributed by atoms with E-state index in [1.807, 2.05) is 6.92 Å². The maximum absolute atomic E-state index is 11.2. The van der Waals surface area contributed by atoms with E-state index in [2.05, 4.69) is 0 Å². The molecule has 4 heteroatoms. The summed E-state index contributed by atoms with van der Waals surface area (Å²) in [5, 5.41) is 18.4. The number of aromatic hydroxyl groups is 1. The summed E-state index contributed by atoms with van der Waals surface area (Å²) < 4.78 is 0. The molecule has 0 saturated carbocycles. The third-order valence-electron chi connectivity index (χ3n) is 3.36. The second kappa shape index (κ2) is 4.75. The molecule has 0 aromatic heterocycles. The highest BCUT2D eigenvalue weighted by molar-refractivity contribution is 5.77. The van der Waals surface area contributed by atoms with Gasteiger partial charge in [0.1, 0.15) is 11.3 Å².